The molecule has 1 heterocycles. The second kappa shape index (κ2) is 8.53. The number of nitrogens with one attached hydrogen (secondary N) is 2. The molecule has 152 valence electrons. The molecule has 0 fully saturated rings. The molecule has 0 unspecified atom stereocenters. The SMILES string of the molecule is Cc1cc(C)cc(NC(=O)COC(=O)[C@H](C)NS(=O)(=O)c2c(C)noc2C)c1. The van der Waals surface area contributed by atoms with Crippen molar-refractivity contribution in [3.63, 3.8) is 0 Å². The largest absolute Gasteiger partial charge is 0.454 e. The molecule has 2 aromatic rings. The molecule has 1 amide bonds. The Hall–Kier alpha value is -2.72. The number of amides is 1. The van der Waals surface area contributed by atoms with Gasteiger partial charge in [-0.05, 0) is 57.9 Å². The highest BCUT2D eigenvalue weighted by molar-refractivity contribution is 7.89. The molecule has 1 aromatic carbocycles. The van der Waals surface area contributed by atoms with Crippen molar-refractivity contribution >= 4 is 27.6 Å². The highest BCUT2D eigenvalue weighted by Crippen LogP contribution is 2.19. The molecule has 0 saturated heterocycles. The number of anilines is 1. The van der Waals surface area contributed by atoms with E-state index in [-0.39, 0.29) is 16.3 Å². The number of benzene rings is 1. The maximum Gasteiger partial charge on any atom is 0.324 e. The van der Waals surface area contributed by atoms with Gasteiger partial charge in [0.25, 0.3) is 5.91 Å². The van der Waals surface area contributed by atoms with E-state index in [1.807, 2.05) is 19.9 Å². The van der Waals surface area contributed by atoms with E-state index in [0.717, 1.165) is 11.1 Å². The van der Waals surface area contributed by atoms with Gasteiger partial charge in [-0.1, -0.05) is 11.2 Å². The average Bonchev–Trinajstić information content (AvgIpc) is 2.90. The van der Waals surface area contributed by atoms with Crippen molar-refractivity contribution in [3.8, 4) is 0 Å². The number of carbonyl (C=O) groups is 2. The molecule has 0 aliphatic carbocycles. The summed E-state index contributed by atoms with van der Waals surface area (Å²) in [6.45, 7) is 7.51. The number of aryl methyl sites for hydroxylation is 4. The third-order valence-corrected chi connectivity index (χ3v) is 5.56. The summed E-state index contributed by atoms with van der Waals surface area (Å²) in [7, 11) is -4.03. The van der Waals surface area contributed by atoms with Crippen molar-refractivity contribution in [1.82, 2.24) is 9.88 Å². The van der Waals surface area contributed by atoms with Crippen LogP contribution in [-0.4, -0.2) is 38.1 Å². The van der Waals surface area contributed by atoms with E-state index in [9.17, 15) is 18.0 Å². The molecule has 9 nitrogen and oxygen atoms in total. The van der Waals surface area contributed by atoms with Crippen LogP contribution in [0.25, 0.3) is 0 Å². The molecular weight excluding hydrogens is 386 g/mol. The first kappa shape index (κ1) is 21.6. The van der Waals surface area contributed by atoms with E-state index in [1.165, 1.54) is 20.8 Å². The molecule has 10 heteroatoms. The minimum Gasteiger partial charge on any atom is -0.454 e. The van der Waals surface area contributed by atoms with E-state index in [4.69, 9.17) is 9.26 Å². The van der Waals surface area contributed by atoms with Gasteiger partial charge in [-0.15, -0.1) is 0 Å². The van der Waals surface area contributed by atoms with Crippen LogP contribution in [0.5, 0.6) is 0 Å². The van der Waals surface area contributed by atoms with Crippen LogP contribution in [0.15, 0.2) is 27.6 Å². The number of sulfonamides is 1. The lowest BCUT2D eigenvalue weighted by atomic mass is 10.1. The highest BCUT2D eigenvalue weighted by atomic mass is 32.2. The first-order valence-electron chi connectivity index (χ1n) is 8.49. The highest BCUT2D eigenvalue weighted by Gasteiger charge is 2.29. The average molecular weight is 409 g/mol. The van der Waals surface area contributed by atoms with Crippen molar-refractivity contribution in [2.75, 3.05) is 11.9 Å². The summed E-state index contributed by atoms with van der Waals surface area (Å²) in [5.41, 5.74) is 2.73. The fraction of sp³-hybridized carbons (Fsp3) is 0.389. The molecule has 0 aliphatic rings. The Labute approximate surface area is 163 Å². The first-order chi connectivity index (χ1) is 13.0. The van der Waals surface area contributed by atoms with Crippen LogP contribution in [0.2, 0.25) is 0 Å². The molecule has 1 aromatic heterocycles. The fourth-order valence-electron chi connectivity index (χ4n) is 2.70. The lowest BCUT2D eigenvalue weighted by molar-refractivity contribution is -0.148. The topological polar surface area (TPSA) is 128 Å². The number of hydrogen-bond acceptors (Lipinski definition) is 7. The Morgan fingerprint density at radius 1 is 1.14 bits per heavy atom. The summed E-state index contributed by atoms with van der Waals surface area (Å²) in [4.78, 5) is 23.9. The van der Waals surface area contributed by atoms with Crippen molar-refractivity contribution < 1.29 is 27.3 Å². The minimum absolute atomic E-state index is 0.110. The number of rotatable bonds is 7. The van der Waals surface area contributed by atoms with Gasteiger partial charge in [-0.25, -0.2) is 8.42 Å². The maximum atomic E-state index is 12.4. The van der Waals surface area contributed by atoms with Crippen molar-refractivity contribution in [2.45, 2.75) is 45.6 Å². The quantitative estimate of drug-likeness (QED) is 0.667. The van der Waals surface area contributed by atoms with Crippen LogP contribution in [-0.2, 0) is 24.3 Å². The van der Waals surface area contributed by atoms with Crippen molar-refractivity contribution in [3.05, 3.63) is 40.8 Å². The third kappa shape index (κ3) is 5.40. The van der Waals surface area contributed by atoms with Gasteiger partial charge in [0, 0.05) is 5.69 Å². The van der Waals surface area contributed by atoms with Gasteiger partial charge in [0.1, 0.15) is 16.6 Å². The third-order valence-electron chi connectivity index (χ3n) is 3.77. The number of esters is 1. The van der Waals surface area contributed by atoms with Gasteiger partial charge in [0.15, 0.2) is 12.4 Å². The van der Waals surface area contributed by atoms with E-state index in [2.05, 4.69) is 15.2 Å². The molecule has 0 radical (unpaired) electrons. The summed E-state index contributed by atoms with van der Waals surface area (Å²) in [5.74, 6) is -1.30. The Kier molecular flexibility index (Phi) is 6.57. The lowest BCUT2D eigenvalue weighted by Gasteiger charge is -2.14. The van der Waals surface area contributed by atoms with Crippen molar-refractivity contribution in [2.24, 2.45) is 0 Å². The van der Waals surface area contributed by atoms with Crippen LogP contribution in [0.3, 0.4) is 0 Å². The monoisotopic (exact) mass is 409 g/mol. The maximum absolute atomic E-state index is 12.4. The summed E-state index contributed by atoms with van der Waals surface area (Å²) < 4.78 is 36.7. The van der Waals surface area contributed by atoms with Gasteiger partial charge in [0.05, 0.1) is 0 Å². The smallest absolute Gasteiger partial charge is 0.324 e. The summed E-state index contributed by atoms with van der Waals surface area (Å²) in [5, 5.41) is 6.21. The number of ether oxygens (including phenoxy) is 1. The Bertz CT molecular complexity index is 957. The number of aromatic nitrogens is 1. The van der Waals surface area contributed by atoms with Crippen molar-refractivity contribution in [1.29, 1.82) is 0 Å². The van der Waals surface area contributed by atoms with Gasteiger partial charge in [0.2, 0.25) is 10.0 Å². The fourth-order valence-corrected chi connectivity index (χ4v) is 4.23. The van der Waals surface area contributed by atoms with E-state index in [0.29, 0.717) is 5.69 Å². The molecule has 28 heavy (non-hydrogen) atoms. The molecule has 0 spiro atoms. The Balaban J connectivity index is 1.92. The molecule has 2 rings (SSSR count). The molecule has 0 saturated carbocycles. The summed E-state index contributed by atoms with van der Waals surface area (Å²) >= 11 is 0. The van der Waals surface area contributed by atoms with Gasteiger partial charge >= 0.3 is 5.97 Å². The van der Waals surface area contributed by atoms with Crippen LogP contribution < -0.4 is 10.0 Å². The normalized spacial score (nSPS) is 12.5. The van der Waals surface area contributed by atoms with E-state index in [1.54, 1.807) is 12.1 Å². The molecule has 1 atom stereocenters. The van der Waals surface area contributed by atoms with Gasteiger partial charge < -0.3 is 14.6 Å². The number of nitrogens with zero attached hydrogens (tertiary/aromatic N) is 1. The second-order valence-corrected chi connectivity index (χ2v) is 8.18. The lowest BCUT2D eigenvalue weighted by Crippen LogP contribution is -2.40. The van der Waals surface area contributed by atoms with Crippen LogP contribution in [0.1, 0.15) is 29.5 Å². The predicted octanol–water partition coefficient (Wildman–Crippen LogP) is 1.76. The zero-order valence-corrected chi connectivity index (χ0v) is 17.1. The molecule has 2 N–H and O–H groups in total. The first-order valence-corrected chi connectivity index (χ1v) is 9.98. The van der Waals surface area contributed by atoms with Crippen LogP contribution >= 0.6 is 0 Å². The summed E-state index contributed by atoms with van der Waals surface area (Å²) in [6.07, 6.45) is 0. The van der Waals surface area contributed by atoms with Crippen LogP contribution in [0.4, 0.5) is 5.69 Å². The number of hydrogen-bond donors (Lipinski definition) is 2. The van der Waals surface area contributed by atoms with E-state index >= 15 is 0 Å². The molecule has 0 bridgehead atoms. The summed E-state index contributed by atoms with van der Waals surface area (Å²) in [6, 6.07) is 4.33. The molecule has 0 aliphatic heterocycles. The van der Waals surface area contributed by atoms with Gasteiger partial charge in [-0.2, -0.15) is 4.72 Å². The second-order valence-electron chi connectivity index (χ2n) is 6.53. The van der Waals surface area contributed by atoms with E-state index < -0.39 is 34.5 Å². The Morgan fingerprint density at radius 3 is 2.29 bits per heavy atom. The molecular formula is C18H23N3O6S. The Morgan fingerprint density at radius 2 is 1.75 bits per heavy atom. The van der Waals surface area contributed by atoms with Gasteiger partial charge in [-0.3, -0.25) is 9.59 Å². The minimum atomic E-state index is -4.03. The zero-order chi connectivity index (χ0) is 21.1. The number of carbonyl (C=O) groups excluding carboxylic acids is 2. The zero-order valence-electron chi connectivity index (χ0n) is 16.3. The van der Waals surface area contributed by atoms with Crippen LogP contribution in [0, 0.1) is 27.7 Å². The predicted molar refractivity (Wildman–Crippen MR) is 101 cm³/mol. The standard InChI is InChI=1S/C18H23N3O6S/c1-10-6-11(2)8-15(7-10)19-16(22)9-26-18(23)13(4)21-28(24,25)17-12(3)20-27-14(17)5/h6-8,13,21H,9H2,1-5H3,(H,19,22)/t13-/m0/s1.